The van der Waals surface area contributed by atoms with Crippen molar-refractivity contribution in [3.05, 3.63) is 62.9 Å². The first kappa shape index (κ1) is 19.4. The monoisotopic (exact) mass is 445 g/mol. The maximum absolute atomic E-state index is 12.5. The standard InChI is InChI=1S/C19H13Cl2N5O2S/c1-9-15-17(22)23-8-24-19(15)29-16(9)18(27)26-25-7-11-3-5-14(28-11)12-4-2-10(20)6-13(12)21/h2-8H,1H3,(H,26,27)(H2,22,23,24)/b25-7-. The minimum atomic E-state index is -0.367. The zero-order valence-corrected chi connectivity index (χ0v) is 17.3. The Bertz CT molecular complexity index is 1260. The molecule has 29 heavy (non-hydrogen) atoms. The summed E-state index contributed by atoms with van der Waals surface area (Å²) in [6.45, 7) is 1.80. The van der Waals surface area contributed by atoms with Crippen molar-refractivity contribution in [2.24, 2.45) is 5.10 Å². The van der Waals surface area contributed by atoms with Crippen LogP contribution in [-0.2, 0) is 0 Å². The third-order valence-electron chi connectivity index (χ3n) is 4.14. The molecule has 4 aromatic rings. The Morgan fingerprint density at radius 2 is 2.10 bits per heavy atom. The van der Waals surface area contributed by atoms with E-state index >= 15 is 0 Å². The van der Waals surface area contributed by atoms with Crippen molar-refractivity contribution in [3.8, 4) is 11.3 Å². The number of amides is 1. The predicted octanol–water partition coefficient (Wildman–Crippen LogP) is 4.91. The Balaban J connectivity index is 1.50. The topological polar surface area (TPSA) is 106 Å². The molecule has 146 valence electrons. The third-order valence-corrected chi connectivity index (χ3v) is 5.89. The molecule has 0 radical (unpaired) electrons. The maximum Gasteiger partial charge on any atom is 0.281 e. The van der Waals surface area contributed by atoms with Gasteiger partial charge in [0.2, 0.25) is 0 Å². The number of carbonyl (C=O) groups excluding carboxylic acids is 1. The van der Waals surface area contributed by atoms with Crippen molar-refractivity contribution in [1.82, 2.24) is 15.4 Å². The molecule has 3 N–H and O–H groups in total. The van der Waals surface area contributed by atoms with Gasteiger partial charge in [0.05, 0.1) is 21.5 Å². The fraction of sp³-hybridized carbons (Fsp3) is 0.0526. The fourth-order valence-corrected chi connectivity index (χ4v) is 4.33. The molecule has 0 spiro atoms. The first-order valence-corrected chi connectivity index (χ1v) is 9.89. The lowest BCUT2D eigenvalue weighted by Gasteiger charge is -2.00. The van der Waals surface area contributed by atoms with Gasteiger partial charge in [0.1, 0.15) is 28.5 Å². The zero-order valence-electron chi connectivity index (χ0n) is 14.9. The van der Waals surface area contributed by atoms with Gasteiger partial charge in [-0.1, -0.05) is 23.2 Å². The number of anilines is 1. The zero-order chi connectivity index (χ0) is 20.5. The third kappa shape index (κ3) is 3.82. The summed E-state index contributed by atoms with van der Waals surface area (Å²) < 4.78 is 5.71. The average molecular weight is 446 g/mol. The predicted molar refractivity (Wildman–Crippen MR) is 116 cm³/mol. The lowest BCUT2D eigenvalue weighted by atomic mass is 10.2. The smallest absolute Gasteiger partial charge is 0.281 e. The average Bonchev–Trinajstić information content (AvgIpc) is 3.27. The van der Waals surface area contributed by atoms with Crippen molar-refractivity contribution < 1.29 is 9.21 Å². The van der Waals surface area contributed by atoms with Crippen LogP contribution in [0, 0.1) is 6.92 Å². The summed E-state index contributed by atoms with van der Waals surface area (Å²) >= 11 is 13.3. The van der Waals surface area contributed by atoms with Gasteiger partial charge in [-0.25, -0.2) is 15.4 Å². The van der Waals surface area contributed by atoms with Gasteiger partial charge in [-0.3, -0.25) is 4.79 Å². The first-order valence-electron chi connectivity index (χ1n) is 8.32. The highest BCUT2D eigenvalue weighted by atomic mass is 35.5. The minimum absolute atomic E-state index is 0.343. The van der Waals surface area contributed by atoms with Gasteiger partial charge < -0.3 is 10.2 Å². The highest BCUT2D eigenvalue weighted by Gasteiger charge is 2.18. The van der Waals surface area contributed by atoms with Crippen molar-refractivity contribution >= 4 is 62.7 Å². The molecule has 0 aliphatic heterocycles. The van der Waals surface area contributed by atoms with Gasteiger partial charge in [0.15, 0.2) is 0 Å². The molecule has 0 atom stereocenters. The molecule has 10 heteroatoms. The lowest BCUT2D eigenvalue weighted by Crippen LogP contribution is -2.17. The Morgan fingerprint density at radius 1 is 1.28 bits per heavy atom. The number of nitrogens with zero attached hydrogens (tertiary/aromatic N) is 3. The number of nitrogen functional groups attached to an aromatic ring is 1. The van der Waals surface area contributed by atoms with E-state index in [9.17, 15) is 4.79 Å². The van der Waals surface area contributed by atoms with E-state index in [1.54, 1.807) is 37.3 Å². The number of hydrogen-bond acceptors (Lipinski definition) is 7. The molecule has 7 nitrogen and oxygen atoms in total. The van der Waals surface area contributed by atoms with Crippen LogP contribution in [0.4, 0.5) is 5.82 Å². The van der Waals surface area contributed by atoms with Gasteiger partial charge in [-0.05, 0) is 42.8 Å². The lowest BCUT2D eigenvalue weighted by molar-refractivity contribution is 0.0958. The van der Waals surface area contributed by atoms with Crippen LogP contribution in [0.25, 0.3) is 21.5 Å². The quantitative estimate of drug-likeness (QED) is 0.342. The Morgan fingerprint density at radius 3 is 2.86 bits per heavy atom. The van der Waals surface area contributed by atoms with Crippen LogP contribution in [0.1, 0.15) is 21.0 Å². The van der Waals surface area contributed by atoms with Crippen LogP contribution < -0.4 is 11.2 Å². The van der Waals surface area contributed by atoms with E-state index in [4.69, 9.17) is 33.4 Å². The number of halogens is 2. The molecular weight excluding hydrogens is 433 g/mol. The van der Waals surface area contributed by atoms with E-state index in [1.807, 2.05) is 0 Å². The number of carbonyl (C=O) groups is 1. The Kier molecular flexibility index (Phi) is 5.23. The van der Waals surface area contributed by atoms with Crippen molar-refractivity contribution in [1.29, 1.82) is 0 Å². The molecule has 1 aromatic carbocycles. The Labute approximate surface area is 179 Å². The summed E-state index contributed by atoms with van der Waals surface area (Å²) in [5.41, 5.74) is 9.79. The van der Waals surface area contributed by atoms with Crippen LogP contribution in [0.2, 0.25) is 10.0 Å². The maximum atomic E-state index is 12.5. The molecule has 1 amide bonds. The number of aromatic nitrogens is 2. The highest BCUT2D eigenvalue weighted by molar-refractivity contribution is 7.20. The number of hydrogen-bond donors (Lipinski definition) is 2. The summed E-state index contributed by atoms with van der Waals surface area (Å²) in [6.07, 6.45) is 2.77. The largest absolute Gasteiger partial charge is 0.455 e. The molecule has 0 aliphatic carbocycles. The van der Waals surface area contributed by atoms with E-state index in [0.717, 1.165) is 0 Å². The van der Waals surface area contributed by atoms with E-state index in [0.29, 0.717) is 53.6 Å². The van der Waals surface area contributed by atoms with Crippen LogP contribution in [0.3, 0.4) is 0 Å². The highest BCUT2D eigenvalue weighted by Crippen LogP contribution is 2.32. The van der Waals surface area contributed by atoms with E-state index in [-0.39, 0.29) is 5.91 Å². The molecule has 0 unspecified atom stereocenters. The summed E-state index contributed by atoms with van der Waals surface area (Å²) in [5, 5.41) is 5.66. The fourth-order valence-electron chi connectivity index (χ4n) is 2.78. The number of benzene rings is 1. The van der Waals surface area contributed by atoms with E-state index in [1.165, 1.54) is 23.9 Å². The molecule has 0 aliphatic rings. The molecule has 0 fully saturated rings. The van der Waals surface area contributed by atoms with E-state index in [2.05, 4.69) is 20.5 Å². The number of fused-ring (bicyclic) bond motifs is 1. The van der Waals surface area contributed by atoms with Crippen LogP contribution >= 0.6 is 34.5 Å². The molecule has 3 aromatic heterocycles. The van der Waals surface area contributed by atoms with Gasteiger partial charge >= 0.3 is 0 Å². The normalized spacial score (nSPS) is 11.4. The number of thiophene rings is 1. The summed E-state index contributed by atoms with van der Waals surface area (Å²) in [7, 11) is 0. The molecule has 4 rings (SSSR count). The van der Waals surface area contributed by atoms with Crippen molar-refractivity contribution in [2.75, 3.05) is 5.73 Å². The Hall–Kier alpha value is -2.94. The molecule has 0 bridgehead atoms. The second-order valence-corrected chi connectivity index (χ2v) is 7.86. The van der Waals surface area contributed by atoms with Gasteiger partial charge in [-0.2, -0.15) is 5.10 Å². The molecule has 3 heterocycles. The summed E-state index contributed by atoms with van der Waals surface area (Å²) in [4.78, 5) is 21.7. The number of furan rings is 1. The number of rotatable bonds is 4. The van der Waals surface area contributed by atoms with E-state index < -0.39 is 0 Å². The number of hydrazone groups is 1. The molecule has 0 saturated carbocycles. The summed E-state index contributed by atoms with van der Waals surface area (Å²) in [5.74, 6) is 0.993. The van der Waals surface area contributed by atoms with Gasteiger partial charge in [-0.15, -0.1) is 11.3 Å². The second-order valence-electron chi connectivity index (χ2n) is 6.02. The van der Waals surface area contributed by atoms with Gasteiger partial charge in [0.25, 0.3) is 5.91 Å². The van der Waals surface area contributed by atoms with Crippen LogP contribution in [0.15, 0.2) is 46.2 Å². The van der Waals surface area contributed by atoms with Crippen molar-refractivity contribution in [2.45, 2.75) is 6.92 Å². The van der Waals surface area contributed by atoms with Crippen LogP contribution in [0.5, 0.6) is 0 Å². The number of nitrogens with one attached hydrogen (secondary N) is 1. The second kappa shape index (κ2) is 7.82. The number of nitrogens with two attached hydrogens (primary N) is 1. The number of aryl methyl sites for hydroxylation is 1. The molecular formula is C19H13Cl2N5O2S. The van der Waals surface area contributed by atoms with Gasteiger partial charge in [0, 0.05) is 10.6 Å². The summed E-state index contributed by atoms with van der Waals surface area (Å²) in [6, 6.07) is 8.61. The minimum Gasteiger partial charge on any atom is -0.455 e. The van der Waals surface area contributed by atoms with Crippen LogP contribution in [-0.4, -0.2) is 22.1 Å². The molecule has 0 saturated heterocycles. The first-order chi connectivity index (χ1) is 13.9. The van der Waals surface area contributed by atoms with Crippen molar-refractivity contribution in [3.63, 3.8) is 0 Å². The SMILES string of the molecule is Cc1c(C(=O)N/N=C\c2ccc(-c3ccc(Cl)cc3Cl)o2)sc2ncnc(N)c12.